The van der Waals surface area contributed by atoms with Crippen LogP contribution in [0.15, 0.2) is 0 Å². The van der Waals surface area contributed by atoms with Crippen molar-refractivity contribution in [2.45, 2.75) is 31.7 Å². The van der Waals surface area contributed by atoms with Crippen LogP contribution in [0.3, 0.4) is 0 Å². The van der Waals surface area contributed by atoms with E-state index in [4.69, 9.17) is 5.73 Å². The molecule has 64 valence electrons. The van der Waals surface area contributed by atoms with Crippen molar-refractivity contribution in [3.8, 4) is 0 Å². The fourth-order valence-electron chi connectivity index (χ4n) is 3.79. The molecule has 0 heterocycles. The molecule has 0 spiro atoms. The predicted molar refractivity (Wildman–Crippen MR) is 47.7 cm³/mol. The van der Waals surface area contributed by atoms with Crippen molar-refractivity contribution < 1.29 is 0 Å². The standard InChI is InChI=1S/C9H15N.ClH/c10-9-7-2-5-1-6(4-7)8(9)3-5;/h5-9H,1-4,10H2;1H. The van der Waals surface area contributed by atoms with Crippen LogP contribution in [0.2, 0.25) is 0 Å². The molecule has 11 heavy (non-hydrogen) atoms. The molecular formula is C9H16ClN. The normalized spacial score (nSPS) is 58.1. The lowest BCUT2D eigenvalue weighted by Crippen LogP contribution is -2.35. The molecule has 0 saturated heterocycles. The Hall–Kier alpha value is 0.250. The van der Waals surface area contributed by atoms with Crippen LogP contribution in [0.5, 0.6) is 0 Å². The first-order valence-electron chi connectivity index (χ1n) is 4.60. The Morgan fingerprint density at radius 2 is 1.64 bits per heavy atom. The van der Waals surface area contributed by atoms with E-state index in [2.05, 4.69) is 0 Å². The van der Waals surface area contributed by atoms with Crippen LogP contribution < -0.4 is 5.73 Å². The van der Waals surface area contributed by atoms with Gasteiger partial charge in [-0.05, 0) is 49.4 Å². The molecular weight excluding hydrogens is 158 g/mol. The Morgan fingerprint density at radius 1 is 0.909 bits per heavy atom. The number of nitrogens with two attached hydrogens (primary N) is 1. The summed E-state index contributed by atoms with van der Waals surface area (Å²) in [6.45, 7) is 0. The van der Waals surface area contributed by atoms with Gasteiger partial charge in [0.2, 0.25) is 0 Å². The molecule has 0 aromatic rings. The van der Waals surface area contributed by atoms with E-state index in [0.717, 1.165) is 23.7 Å². The lowest BCUT2D eigenvalue weighted by molar-refractivity contribution is 0.250. The summed E-state index contributed by atoms with van der Waals surface area (Å²) >= 11 is 0. The van der Waals surface area contributed by atoms with E-state index in [0.29, 0.717) is 6.04 Å². The molecule has 0 radical (unpaired) electrons. The molecule has 4 saturated carbocycles. The zero-order valence-electron chi connectivity index (χ0n) is 6.70. The molecule has 5 unspecified atom stereocenters. The van der Waals surface area contributed by atoms with Crippen LogP contribution in [-0.4, -0.2) is 6.04 Å². The quantitative estimate of drug-likeness (QED) is 0.594. The Balaban J connectivity index is 0.000000480. The molecule has 4 fully saturated rings. The highest BCUT2D eigenvalue weighted by molar-refractivity contribution is 5.85. The second-order valence-electron chi connectivity index (χ2n) is 4.57. The topological polar surface area (TPSA) is 26.0 Å². The first kappa shape index (κ1) is 7.88. The molecule has 0 aromatic carbocycles. The van der Waals surface area contributed by atoms with E-state index in [9.17, 15) is 0 Å². The van der Waals surface area contributed by atoms with Crippen molar-refractivity contribution in [3.63, 3.8) is 0 Å². The molecule has 4 aliphatic carbocycles. The summed E-state index contributed by atoms with van der Waals surface area (Å²) < 4.78 is 0. The van der Waals surface area contributed by atoms with Gasteiger partial charge in [0.05, 0.1) is 0 Å². The zero-order chi connectivity index (χ0) is 6.72. The summed E-state index contributed by atoms with van der Waals surface area (Å²) in [5, 5.41) is 0. The zero-order valence-corrected chi connectivity index (χ0v) is 7.52. The second-order valence-corrected chi connectivity index (χ2v) is 4.57. The fourth-order valence-corrected chi connectivity index (χ4v) is 3.79. The molecule has 4 aliphatic rings. The summed E-state index contributed by atoms with van der Waals surface area (Å²) in [7, 11) is 0. The number of hydrogen-bond donors (Lipinski definition) is 1. The van der Waals surface area contributed by atoms with Gasteiger partial charge in [-0.15, -0.1) is 12.4 Å². The maximum Gasteiger partial charge on any atom is 0.00985 e. The Kier molecular flexibility index (Phi) is 1.69. The van der Waals surface area contributed by atoms with E-state index in [1.165, 1.54) is 25.7 Å². The molecule has 0 aromatic heterocycles. The van der Waals surface area contributed by atoms with Gasteiger partial charge in [0, 0.05) is 6.04 Å². The van der Waals surface area contributed by atoms with Gasteiger partial charge in [0.15, 0.2) is 0 Å². The molecule has 0 amide bonds. The van der Waals surface area contributed by atoms with Crippen LogP contribution in [0.4, 0.5) is 0 Å². The van der Waals surface area contributed by atoms with E-state index < -0.39 is 0 Å². The highest BCUT2D eigenvalue weighted by atomic mass is 35.5. The summed E-state index contributed by atoms with van der Waals surface area (Å²) in [4.78, 5) is 0. The molecule has 0 aliphatic heterocycles. The second kappa shape index (κ2) is 2.37. The lowest BCUT2D eigenvalue weighted by atomic mass is 9.80. The number of halogens is 1. The van der Waals surface area contributed by atoms with Crippen LogP contribution in [-0.2, 0) is 0 Å². The molecule has 2 N–H and O–H groups in total. The van der Waals surface area contributed by atoms with E-state index in [1.807, 2.05) is 0 Å². The maximum absolute atomic E-state index is 6.10. The minimum absolute atomic E-state index is 0. The SMILES string of the molecule is Cl.NC1C2CC3CC(C2)C1C3. The molecule has 2 heteroatoms. The first-order valence-corrected chi connectivity index (χ1v) is 4.60. The van der Waals surface area contributed by atoms with Gasteiger partial charge < -0.3 is 5.73 Å². The molecule has 4 rings (SSSR count). The largest absolute Gasteiger partial charge is 0.327 e. The maximum atomic E-state index is 6.10. The van der Waals surface area contributed by atoms with Gasteiger partial charge in [0.25, 0.3) is 0 Å². The average molecular weight is 174 g/mol. The van der Waals surface area contributed by atoms with Crippen molar-refractivity contribution in [1.29, 1.82) is 0 Å². The summed E-state index contributed by atoms with van der Waals surface area (Å²) in [6.07, 6.45) is 5.94. The summed E-state index contributed by atoms with van der Waals surface area (Å²) in [6, 6.07) is 0.601. The van der Waals surface area contributed by atoms with Crippen molar-refractivity contribution in [2.24, 2.45) is 29.4 Å². The van der Waals surface area contributed by atoms with Gasteiger partial charge in [-0.3, -0.25) is 0 Å². The van der Waals surface area contributed by atoms with Gasteiger partial charge in [0.1, 0.15) is 0 Å². The monoisotopic (exact) mass is 173 g/mol. The number of rotatable bonds is 0. The van der Waals surface area contributed by atoms with Gasteiger partial charge in [-0.2, -0.15) is 0 Å². The van der Waals surface area contributed by atoms with E-state index >= 15 is 0 Å². The van der Waals surface area contributed by atoms with Crippen molar-refractivity contribution in [1.82, 2.24) is 0 Å². The lowest BCUT2D eigenvalue weighted by Gasteiger charge is -2.29. The minimum Gasteiger partial charge on any atom is -0.327 e. The fraction of sp³-hybridized carbons (Fsp3) is 1.00. The summed E-state index contributed by atoms with van der Waals surface area (Å²) in [5.74, 6) is 4.03. The highest BCUT2D eigenvalue weighted by Gasteiger charge is 2.52. The van der Waals surface area contributed by atoms with Crippen LogP contribution in [0, 0.1) is 23.7 Å². The third-order valence-electron chi connectivity index (χ3n) is 4.13. The van der Waals surface area contributed by atoms with Crippen molar-refractivity contribution in [3.05, 3.63) is 0 Å². The van der Waals surface area contributed by atoms with Crippen molar-refractivity contribution in [2.75, 3.05) is 0 Å². The summed E-state index contributed by atoms with van der Waals surface area (Å²) in [5.41, 5.74) is 6.10. The Labute approximate surface area is 74.1 Å². The van der Waals surface area contributed by atoms with Gasteiger partial charge >= 0.3 is 0 Å². The predicted octanol–water partition coefficient (Wildman–Crippen LogP) is 1.80. The highest BCUT2D eigenvalue weighted by Crippen LogP contribution is 2.57. The van der Waals surface area contributed by atoms with Gasteiger partial charge in [-0.1, -0.05) is 0 Å². The molecule has 1 nitrogen and oxygen atoms in total. The average Bonchev–Trinajstić information content (AvgIpc) is 2.31. The third kappa shape index (κ3) is 0.874. The van der Waals surface area contributed by atoms with Crippen LogP contribution >= 0.6 is 12.4 Å². The first-order chi connectivity index (χ1) is 4.84. The van der Waals surface area contributed by atoms with Crippen LogP contribution in [0.1, 0.15) is 25.7 Å². The van der Waals surface area contributed by atoms with Crippen molar-refractivity contribution >= 4 is 12.4 Å². The van der Waals surface area contributed by atoms with E-state index in [1.54, 1.807) is 0 Å². The van der Waals surface area contributed by atoms with E-state index in [-0.39, 0.29) is 12.4 Å². The molecule has 5 atom stereocenters. The van der Waals surface area contributed by atoms with Gasteiger partial charge in [-0.25, -0.2) is 0 Å². The smallest absolute Gasteiger partial charge is 0.00985 e. The Bertz CT molecular complexity index is 165. The third-order valence-corrected chi connectivity index (χ3v) is 4.13. The minimum atomic E-state index is 0. The molecule has 4 bridgehead atoms. The Morgan fingerprint density at radius 3 is 2.27 bits per heavy atom. The van der Waals surface area contributed by atoms with Crippen LogP contribution in [0.25, 0.3) is 0 Å². The number of hydrogen-bond acceptors (Lipinski definition) is 1.